The lowest BCUT2D eigenvalue weighted by atomic mass is 9.84. The maximum absolute atomic E-state index is 12.3. The molecule has 0 aliphatic heterocycles. The van der Waals surface area contributed by atoms with Crippen molar-refractivity contribution in [1.82, 2.24) is 4.90 Å². The second-order valence-electron chi connectivity index (χ2n) is 5.24. The second kappa shape index (κ2) is 5.67. The molecule has 0 bridgehead atoms. The molecule has 0 aromatic heterocycles. The summed E-state index contributed by atoms with van der Waals surface area (Å²) in [4.78, 5) is 14.5. The van der Waals surface area contributed by atoms with Crippen LogP contribution in [-0.2, 0) is 4.79 Å². The molecule has 0 heterocycles. The number of rotatable bonds is 5. The molecule has 3 nitrogen and oxygen atoms in total. The van der Waals surface area contributed by atoms with Gasteiger partial charge in [0.2, 0.25) is 5.91 Å². The number of hydrogen-bond acceptors (Lipinski definition) is 2. The van der Waals surface area contributed by atoms with Crippen LogP contribution in [-0.4, -0.2) is 29.9 Å². The molecule has 92 valence electrons. The van der Waals surface area contributed by atoms with E-state index in [0.29, 0.717) is 24.4 Å². The van der Waals surface area contributed by atoms with Crippen molar-refractivity contribution in [3.63, 3.8) is 0 Å². The van der Waals surface area contributed by atoms with E-state index >= 15 is 0 Å². The Balaban J connectivity index is 1.91. The first-order valence-electron chi connectivity index (χ1n) is 6.83. The van der Waals surface area contributed by atoms with Gasteiger partial charge in [0.05, 0.1) is 0 Å². The van der Waals surface area contributed by atoms with Crippen molar-refractivity contribution in [2.75, 3.05) is 13.1 Å². The summed E-state index contributed by atoms with van der Waals surface area (Å²) in [5, 5.41) is 0. The van der Waals surface area contributed by atoms with Crippen molar-refractivity contribution in [1.29, 1.82) is 0 Å². The fourth-order valence-corrected chi connectivity index (χ4v) is 2.84. The molecule has 0 aromatic rings. The number of carbonyl (C=O) groups excluding carboxylic acids is 1. The molecule has 16 heavy (non-hydrogen) atoms. The Kier molecular flexibility index (Phi) is 4.22. The third-order valence-corrected chi connectivity index (χ3v) is 4.11. The summed E-state index contributed by atoms with van der Waals surface area (Å²) in [6.07, 6.45) is 9.44. The summed E-state index contributed by atoms with van der Waals surface area (Å²) >= 11 is 0. The van der Waals surface area contributed by atoms with Gasteiger partial charge in [-0.3, -0.25) is 4.79 Å². The summed E-state index contributed by atoms with van der Waals surface area (Å²) < 4.78 is 0. The van der Waals surface area contributed by atoms with Crippen molar-refractivity contribution < 1.29 is 4.79 Å². The largest absolute Gasteiger partial charge is 0.339 e. The molecule has 2 aliphatic rings. The average molecular weight is 224 g/mol. The van der Waals surface area contributed by atoms with Gasteiger partial charge in [0.15, 0.2) is 0 Å². The van der Waals surface area contributed by atoms with E-state index in [2.05, 4.69) is 4.90 Å². The van der Waals surface area contributed by atoms with E-state index in [9.17, 15) is 4.79 Å². The van der Waals surface area contributed by atoms with Gasteiger partial charge in [-0.1, -0.05) is 19.3 Å². The molecule has 3 heteroatoms. The zero-order valence-electron chi connectivity index (χ0n) is 10.2. The third-order valence-electron chi connectivity index (χ3n) is 4.11. The van der Waals surface area contributed by atoms with Gasteiger partial charge < -0.3 is 10.6 Å². The van der Waals surface area contributed by atoms with Crippen LogP contribution in [0.4, 0.5) is 0 Å². The Labute approximate surface area is 98.4 Å². The number of carbonyl (C=O) groups is 1. The van der Waals surface area contributed by atoms with E-state index < -0.39 is 0 Å². The first kappa shape index (κ1) is 11.9. The molecule has 0 aromatic carbocycles. The predicted octanol–water partition coefficient (Wildman–Crippen LogP) is 1.91. The quantitative estimate of drug-likeness (QED) is 0.775. The fourth-order valence-electron chi connectivity index (χ4n) is 2.84. The molecule has 2 saturated carbocycles. The summed E-state index contributed by atoms with van der Waals surface area (Å²) in [6.45, 7) is 1.58. The maximum Gasteiger partial charge on any atom is 0.225 e. The normalized spacial score (nSPS) is 22.1. The molecule has 0 atom stereocenters. The molecule has 2 rings (SSSR count). The predicted molar refractivity (Wildman–Crippen MR) is 65.0 cm³/mol. The van der Waals surface area contributed by atoms with Gasteiger partial charge >= 0.3 is 0 Å². The summed E-state index contributed by atoms with van der Waals surface area (Å²) in [7, 11) is 0. The highest BCUT2D eigenvalue weighted by Gasteiger charge is 2.33. The van der Waals surface area contributed by atoms with E-state index in [-0.39, 0.29) is 0 Å². The number of nitrogens with zero attached hydrogens (tertiary/aromatic N) is 1. The van der Waals surface area contributed by atoms with E-state index in [1.54, 1.807) is 0 Å². The van der Waals surface area contributed by atoms with Crippen LogP contribution in [0.5, 0.6) is 0 Å². The molecule has 0 saturated heterocycles. The minimum atomic E-state index is 0.346. The highest BCUT2D eigenvalue weighted by Crippen LogP contribution is 2.31. The van der Waals surface area contributed by atoms with Gasteiger partial charge in [-0.05, 0) is 38.6 Å². The van der Waals surface area contributed by atoms with Gasteiger partial charge in [-0.25, -0.2) is 0 Å². The summed E-state index contributed by atoms with van der Waals surface area (Å²) in [5.41, 5.74) is 5.56. The van der Waals surface area contributed by atoms with E-state index in [4.69, 9.17) is 5.73 Å². The lowest BCUT2D eigenvalue weighted by Gasteiger charge is -2.35. The van der Waals surface area contributed by atoms with Crippen molar-refractivity contribution in [2.24, 2.45) is 11.7 Å². The second-order valence-corrected chi connectivity index (χ2v) is 5.24. The van der Waals surface area contributed by atoms with Crippen LogP contribution >= 0.6 is 0 Å². The molecular weight excluding hydrogens is 200 g/mol. The lowest BCUT2D eigenvalue weighted by molar-refractivity contribution is -0.140. The standard InChI is InChI=1S/C13H24N2O/c14-9-4-10-15(12-7-1-2-8-12)13(16)11-5-3-6-11/h11-12H,1-10,14H2. The van der Waals surface area contributed by atoms with Gasteiger partial charge in [-0.2, -0.15) is 0 Å². The molecule has 0 spiro atoms. The van der Waals surface area contributed by atoms with Crippen molar-refractivity contribution in [3.05, 3.63) is 0 Å². The smallest absolute Gasteiger partial charge is 0.225 e. The number of nitrogens with two attached hydrogens (primary N) is 1. The molecular formula is C13H24N2O. The Hall–Kier alpha value is -0.570. The van der Waals surface area contributed by atoms with Gasteiger partial charge in [0.1, 0.15) is 0 Å². The monoisotopic (exact) mass is 224 g/mol. The van der Waals surface area contributed by atoms with Crippen LogP contribution in [0.1, 0.15) is 51.4 Å². The average Bonchev–Trinajstić information content (AvgIpc) is 2.69. The first-order valence-corrected chi connectivity index (χ1v) is 6.83. The molecule has 0 unspecified atom stereocenters. The maximum atomic E-state index is 12.3. The zero-order chi connectivity index (χ0) is 11.4. The van der Waals surface area contributed by atoms with Crippen LogP contribution in [0.25, 0.3) is 0 Å². The molecule has 1 amide bonds. The minimum Gasteiger partial charge on any atom is -0.339 e. The third kappa shape index (κ3) is 2.57. The van der Waals surface area contributed by atoms with E-state index in [1.165, 1.54) is 32.1 Å². The topological polar surface area (TPSA) is 46.3 Å². The van der Waals surface area contributed by atoms with Crippen LogP contribution in [0, 0.1) is 5.92 Å². The molecule has 2 fully saturated rings. The van der Waals surface area contributed by atoms with Crippen molar-refractivity contribution in [3.8, 4) is 0 Å². The van der Waals surface area contributed by atoms with E-state index in [0.717, 1.165) is 25.8 Å². The minimum absolute atomic E-state index is 0.346. The number of hydrogen-bond donors (Lipinski definition) is 1. The van der Waals surface area contributed by atoms with Gasteiger partial charge in [0.25, 0.3) is 0 Å². The molecule has 2 N–H and O–H groups in total. The summed E-state index contributed by atoms with van der Waals surface area (Å²) in [5.74, 6) is 0.768. The van der Waals surface area contributed by atoms with Crippen molar-refractivity contribution in [2.45, 2.75) is 57.4 Å². The van der Waals surface area contributed by atoms with E-state index in [1.807, 2.05) is 0 Å². The lowest BCUT2D eigenvalue weighted by Crippen LogP contribution is -2.45. The van der Waals surface area contributed by atoms with Gasteiger partial charge in [0, 0.05) is 18.5 Å². The first-order chi connectivity index (χ1) is 7.83. The van der Waals surface area contributed by atoms with Crippen LogP contribution in [0.15, 0.2) is 0 Å². The Morgan fingerprint density at radius 1 is 1.12 bits per heavy atom. The van der Waals surface area contributed by atoms with Crippen LogP contribution in [0.2, 0.25) is 0 Å². The Morgan fingerprint density at radius 3 is 2.31 bits per heavy atom. The zero-order valence-corrected chi connectivity index (χ0v) is 10.2. The SMILES string of the molecule is NCCCN(C(=O)C1CCC1)C1CCCC1. The van der Waals surface area contributed by atoms with Crippen LogP contribution < -0.4 is 5.73 Å². The molecule has 2 aliphatic carbocycles. The van der Waals surface area contributed by atoms with Crippen molar-refractivity contribution >= 4 is 5.91 Å². The summed E-state index contributed by atoms with van der Waals surface area (Å²) in [6, 6.07) is 0.527. The fraction of sp³-hybridized carbons (Fsp3) is 0.923. The Bertz CT molecular complexity index is 232. The highest BCUT2D eigenvalue weighted by atomic mass is 16.2. The number of amides is 1. The van der Waals surface area contributed by atoms with Crippen LogP contribution in [0.3, 0.4) is 0 Å². The highest BCUT2D eigenvalue weighted by molar-refractivity contribution is 5.80. The Morgan fingerprint density at radius 2 is 1.81 bits per heavy atom. The molecule has 0 radical (unpaired) electrons. The van der Waals surface area contributed by atoms with Gasteiger partial charge in [-0.15, -0.1) is 0 Å².